The van der Waals surface area contributed by atoms with Gasteiger partial charge >= 0.3 is 0 Å². The smallest absolute Gasteiger partial charge is 0.293 e. The van der Waals surface area contributed by atoms with E-state index in [1.54, 1.807) is 66.7 Å². The van der Waals surface area contributed by atoms with Crippen LogP contribution in [0.3, 0.4) is 0 Å². The van der Waals surface area contributed by atoms with Crippen LogP contribution in [0.25, 0.3) is 6.08 Å². The van der Waals surface area contributed by atoms with Gasteiger partial charge in [-0.25, -0.2) is 0 Å². The van der Waals surface area contributed by atoms with Crippen LogP contribution in [0.2, 0.25) is 10.0 Å². The monoisotopic (exact) mass is 556 g/mol. The van der Waals surface area contributed by atoms with Gasteiger partial charge in [-0.2, -0.15) is 0 Å². The molecule has 1 saturated heterocycles. The summed E-state index contributed by atoms with van der Waals surface area (Å²) in [7, 11) is 0. The summed E-state index contributed by atoms with van der Waals surface area (Å²) in [6, 6.07) is 18.8. The number of amides is 3. The molecule has 0 atom stereocenters. The number of ether oxygens (including phenoxy) is 2. The fraction of sp³-hybridized carbons (Fsp3) is 0.148. The lowest BCUT2D eigenvalue weighted by Crippen LogP contribution is -2.27. The number of thioether (sulfide) groups is 1. The van der Waals surface area contributed by atoms with Gasteiger partial charge in [0, 0.05) is 15.7 Å². The number of nitrogens with zero attached hydrogens (tertiary/aromatic N) is 1. The summed E-state index contributed by atoms with van der Waals surface area (Å²) < 4.78 is 11.4. The molecule has 1 fully saturated rings. The van der Waals surface area contributed by atoms with E-state index in [1.807, 2.05) is 13.0 Å². The highest BCUT2D eigenvalue weighted by Gasteiger charge is 2.35. The average molecular weight is 557 g/mol. The molecule has 0 radical (unpaired) electrons. The van der Waals surface area contributed by atoms with Crippen LogP contribution < -0.4 is 14.8 Å². The van der Waals surface area contributed by atoms with Gasteiger partial charge in [0.15, 0.2) is 18.1 Å². The molecule has 4 rings (SSSR count). The van der Waals surface area contributed by atoms with Gasteiger partial charge in [-0.3, -0.25) is 19.3 Å². The van der Waals surface area contributed by atoms with Gasteiger partial charge in [-0.1, -0.05) is 41.4 Å². The molecule has 0 spiro atoms. The molecule has 1 N–H and O–H groups in total. The second-order valence-electron chi connectivity index (χ2n) is 7.88. The lowest BCUT2D eigenvalue weighted by molar-refractivity contribution is -0.123. The molecular weight excluding hydrogens is 535 g/mol. The standard InChI is InChI=1S/C27H22Cl2N2O5S/c1-2-35-23-13-17(6-11-22(23)36-16-25(32)30-21-9-7-19(28)8-10-21)14-24-26(33)31(27(34)37-24)15-18-4-3-5-20(29)12-18/h3-14H,2,15-16H2,1H3,(H,30,32)/b24-14-. The normalized spacial score (nSPS) is 14.2. The van der Waals surface area contributed by atoms with Crippen LogP contribution in [0.15, 0.2) is 71.6 Å². The zero-order chi connectivity index (χ0) is 26.4. The molecule has 0 bridgehead atoms. The second kappa shape index (κ2) is 12.2. The third-order valence-corrected chi connectivity index (χ3v) is 6.55. The number of imide groups is 1. The zero-order valence-electron chi connectivity index (χ0n) is 19.7. The zero-order valence-corrected chi connectivity index (χ0v) is 22.0. The van der Waals surface area contributed by atoms with Crippen LogP contribution in [0.5, 0.6) is 11.5 Å². The number of anilines is 1. The lowest BCUT2D eigenvalue weighted by atomic mass is 10.1. The summed E-state index contributed by atoms with van der Waals surface area (Å²) in [4.78, 5) is 39.2. The molecule has 3 aromatic rings. The molecule has 1 aliphatic rings. The third kappa shape index (κ3) is 7.07. The number of nitrogens with one attached hydrogen (secondary N) is 1. The number of halogens is 2. The summed E-state index contributed by atoms with van der Waals surface area (Å²) >= 11 is 12.8. The predicted molar refractivity (Wildman–Crippen MR) is 146 cm³/mol. The number of hydrogen-bond donors (Lipinski definition) is 1. The maximum atomic E-state index is 12.9. The van der Waals surface area contributed by atoms with Crippen molar-refractivity contribution < 1.29 is 23.9 Å². The summed E-state index contributed by atoms with van der Waals surface area (Å²) in [6.45, 7) is 2.10. The molecule has 0 saturated carbocycles. The van der Waals surface area contributed by atoms with Gasteiger partial charge in [0.1, 0.15) is 0 Å². The number of hydrogen-bond acceptors (Lipinski definition) is 6. The van der Waals surface area contributed by atoms with Crippen molar-refractivity contribution in [2.24, 2.45) is 0 Å². The SMILES string of the molecule is CCOc1cc(/C=C2\SC(=O)N(Cc3cccc(Cl)c3)C2=O)ccc1OCC(=O)Nc1ccc(Cl)cc1. The van der Waals surface area contributed by atoms with E-state index < -0.39 is 0 Å². The fourth-order valence-electron chi connectivity index (χ4n) is 3.48. The van der Waals surface area contributed by atoms with Crippen molar-refractivity contribution in [1.29, 1.82) is 0 Å². The van der Waals surface area contributed by atoms with E-state index in [-0.39, 0.29) is 30.2 Å². The minimum atomic E-state index is -0.382. The molecule has 0 unspecified atom stereocenters. The first-order valence-electron chi connectivity index (χ1n) is 11.3. The van der Waals surface area contributed by atoms with Gasteiger partial charge in [0.2, 0.25) is 0 Å². The van der Waals surface area contributed by atoms with Crippen LogP contribution in [0.4, 0.5) is 10.5 Å². The third-order valence-electron chi connectivity index (χ3n) is 5.16. The average Bonchev–Trinajstić information content (AvgIpc) is 3.12. The molecule has 7 nitrogen and oxygen atoms in total. The van der Waals surface area contributed by atoms with E-state index in [1.165, 1.54) is 4.90 Å². The largest absolute Gasteiger partial charge is 0.490 e. The van der Waals surface area contributed by atoms with Crippen molar-refractivity contribution in [2.75, 3.05) is 18.5 Å². The number of carbonyl (C=O) groups excluding carboxylic acids is 3. The molecule has 0 aromatic heterocycles. The van der Waals surface area contributed by atoms with E-state index in [0.29, 0.717) is 44.3 Å². The van der Waals surface area contributed by atoms with Crippen LogP contribution >= 0.6 is 35.0 Å². The highest BCUT2D eigenvalue weighted by Crippen LogP contribution is 2.35. The van der Waals surface area contributed by atoms with Gasteiger partial charge < -0.3 is 14.8 Å². The summed E-state index contributed by atoms with van der Waals surface area (Å²) in [5.74, 6) is 0.0578. The van der Waals surface area contributed by atoms with Gasteiger partial charge in [0.05, 0.1) is 18.1 Å². The molecule has 190 valence electrons. The van der Waals surface area contributed by atoms with Crippen molar-refractivity contribution in [3.63, 3.8) is 0 Å². The van der Waals surface area contributed by atoms with Crippen molar-refractivity contribution in [2.45, 2.75) is 13.5 Å². The molecule has 1 aliphatic heterocycles. The Bertz CT molecular complexity index is 1360. The van der Waals surface area contributed by atoms with Gasteiger partial charge in [-0.05, 0) is 84.4 Å². The Morgan fingerprint density at radius 3 is 2.49 bits per heavy atom. The Morgan fingerprint density at radius 1 is 0.973 bits per heavy atom. The van der Waals surface area contributed by atoms with Crippen LogP contribution in [-0.2, 0) is 16.1 Å². The van der Waals surface area contributed by atoms with E-state index in [2.05, 4.69) is 5.32 Å². The van der Waals surface area contributed by atoms with Crippen molar-refractivity contribution in [3.8, 4) is 11.5 Å². The van der Waals surface area contributed by atoms with Crippen LogP contribution in [0, 0.1) is 0 Å². The minimum absolute atomic E-state index is 0.137. The fourth-order valence-corrected chi connectivity index (χ4v) is 4.66. The molecule has 0 aliphatic carbocycles. The Labute approximate surface area is 228 Å². The van der Waals surface area contributed by atoms with Crippen molar-refractivity contribution in [1.82, 2.24) is 4.90 Å². The van der Waals surface area contributed by atoms with Crippen molar-refractivity contribution in [3.05, 3.63) is 92.8 Å². The topological polar surface area (TPSA) is 84.9 Å². The maximum Gasteiger partial charge on any atom is 0.293 e. The summed E-state index contributed by atoms with van der Waals surface area (Å²) in [5, 5.41) is 3.48. The van der Waals surface area contributed by atoms with Crippen LogP contribution in [-0.4, -0.2) is 35.2 Å². The Balaban J connectivity index is 1.44. The maximum absolute atomic E-state index is 12.9. The Kier molecular flexibility index (Phi) is 8.76. The lowest BCUT2D eigenvalue weighted by Gasteiger charge is -2.13. The van der Waals surface area contributed by atoms with Gasteiger partial charge in [-0.15, -0.1) is 0 Å². The molecule has 3 aromatic carbocycles. The number of rotatable bonds is 9. The molecule has 1 heterocycles. The molecular formula is C27H22Cl2N2O5S. The van der Waals surface area contributed by atoms with E-state index >= 15 is 0 Å². The van der Waals surface area contributed by atoms with Gasteiger partial charge in [0.25, 0.3) is 17.1 Å². The first-order chi connectivity index (χ1) is 17.8. The molecule has 3 amide bonds. The number of benzene rings is 3. The molecule has 37 heavy (non-hydrogen) atoms. The predicted octanol–water partition coefficient (Wildman–Crippen LogP) is 6.65. The highest BCUT2D eigenvalue weighted by molar-refractivity contribution is 8.18. The second-order valence-corrected chi connectivity index (χ2v) is 9.75. The van der Waals surface area contributed by atoms with E-state index in [4.69, 9.17) is 32.7 Å². The Hall–Kier alpha value is -3.46. The summed E-state index contributed by atoms with van der Waals surface area (Å²) in [6.07, 6.45) is 1.63. The van der Waals surface area contributed by atoms with Crippen molar-refractivity contribution >= 4 is 63.8 Å². The quantitative estimate of drug-likeness (QED) is 0.297. The van der Waals surface area contributed by atoms with E-state index in [9.17, 15) is 14.4 Å². The minimum Gasteiger partial charge on any atom is -0.490 e. The highest BCUT2D eigenvalue weighted by atomic mass is 35.5. The first kappa shape index (κ1) is 26.6. The number of carbonyl (C=O) groups is 3. The summed E-state index contributed by atoms with van der Waals surface area (Å²) in [5.41, 5.74) is 2.01. The van der Waals surface area contributed by atoms with E-state index in [0.717, 1.165) is 17.3 Å². The van der Waals surface area contributed by atoms with Crippen LogP contribution in [0.1, 0.15) is 18.1 Å². The molecule has 10 heteroatoms. The first-order valence-corrected chi connectivity index (χ1v) is 12.8. The Morgan fingerprint density at radius 2 is 1.76 bits per heavy atom.